The van der Waals surface area contributed by atoms with Crippen molar-refractivity contribution in [1.29, 1.82) is 0 Å². The first kappa shape index (κ1) is 17.1. The second kappa shape index (κ2) is 7.43. The second-order valence-electron chi connectivity index (χ2n) is 6.53. The number of ether oxygens (including phenoxy) is 1. The molecule has 3 rings (SSSR count). The number of hydrogen-bond donors (Lipinski definition) is 1. The summed E-state index contributed by atoms with van der Waals surface area (Å²) in [6.45, 7) is 5.72. The first-order valence-corrected chi connectivity index (χ1v) is 8.41. The highest BCUT2D eigenvalue weighted by Gasteiger charge is 2.36. The van der Waals surface area contributed by atoms with Gasteiger partial charge in [-0.15, -0.1) is 0 Å². The fraction of sp³-hybridized carbons (Fsp3) is 0.400. The van der Waals surface area contributed by atoms with Crippen LogP contribution in [0, 0.1) is 5.82 Å². The van der Waals surface area contributed by atoms with Crippen molar-refractivity contribution in [2.24, 2.45) is 0 Å². The van der Waals surface area contributed by atoms with Crippen LogP contribution < -0.4 is 0 Å². The molecule has 0 spiro atoms. The highest BCUT2D eigenvalue weighted by atomic mass is 19.1. The van der Waals surface area contributed by atoms with Gasteiger partial charge in [-0.25, -0.2) is 4.39 Å². The van der Waals surface area contributed by atoms with Crippen molar-refractivity contribution < 1.29 is 14.2 Å². The van der Waals surface area contributed by atoms with E-state index in [1.54, 1.807) is 12.1 Å². The van der Waals surface area contributed by atoms with Gasteiger partial charge in [0.1, 0.15) is 5.82 Å². The van der Waals surface area contributed by atoms with E-state index >= 15 is 0 Å². The van der Waals surface area contributed by atoms with Crippen LogP contribution in [-0.2, 0) is 10.3 Å². The fourth-order valence-corrected chi connectivity index (χ4v) is 3.32. The molecule has 1 saturated heterocycles. The van der Waals surface area contributed by atoms with Crippen LogP contribution in [-0.4, -0.2) is 42.9 Å². The molecule has 1 N–H and O–H groups in total. The van der Waals surface area contributed by atoms with Crippen LogP contribution in [0.25, 0.3) is 0 Å². The van der Waals surface area contributed by atoms with Gasteiger partial charge in [0.25, 0.3) is 0 Å². The summed E-state index contributed by atoms with van der Waals surface area (Å²) in [6.07, 6.45) is 0. The normalized spacial score (nSPS) is 19.6. The SMILES string of the molecule is C[C@](O)(c1ccc(F)cc1)[C@@H](CN1CCOCC1)c1ccccc1. The molecular weight excluding hydrogens is 305 g/mol. The molecule has 1 aliphatic rings. The number of hydrogen-bond acceptors (Lipinski definition) is 3. The Balaban J connectivity index is 1.91. The van der Waals surface area contributed by atoms with Crippen LogP contribution in [0.15, 0.2) is 54.6 Å². The third kappa shape index (κ3) is 3.83. The molecule has 2 atom stereocenters. The lowest BCUT2D eigenvalue weighted by Crippen LogP contribution is -2.43. The highest BCUT2D eigenvalue weighted by molar-refractivity contribution is 5.31. The summed E-state index contributed by atoms with van der Waals surface area (Å²) in [6, 6.07) is 16.2. The summed E-state index contributed by atoms with van der Waals surface area (Å²) in [7, 11) is 0. The number of nitrogens with zero attached hydrogens (tertiary/aromatic N) is 1. The van der Waals surface area contributed by atoms with E-state index < -0.39 is 5.60 Å². The predicted molar refractivity (Wildman–Crippen MR) is 92.4 cm³/mol. The van der Waals surface area contributed by atoms with E-state index in [4.69, 9.17) is 4.74 Å². The van der Waals surface area contributed by atoms with Crippen molar-refractivity contribution in [1.82, 2.24) is 4.90 Å². The van der Waals surface area contributed by atoms with Crippen LogP contribution in [0.2, 0.25) is 0 Å². The van der Waals surface area contributed by atoms with E-state index in [2.05, 4.69) is 4.90 Å². The van der Waals surface area contributed by atoms with E-state index in [-0.39, 0.29) is 11.7 Å². The standard InChI is InChI=1S/C20H24FNO2/c1-20(23,17-7-9-18(21)10-8-17)19(16-5-3-2-4-6-16)15-22-11-13-24-14-12-22/h2-10,19,23H,11-15H2,1H3/t19-,20-/m0/s1. The molecule has 0 bridgehead atoms. The summed E-state index contributed by atoms with van der Waals surface area (Å²) in [5, 5.41) is 11.3. The molecule has 2 aromatic rings. The van der Waals surface area contributed by atoms with E-state index in [0.717, 1.165) is 44.0 Å². The topological polar surface area (TPSA) is 32.7 Å². The molecule has 0 amide bonds. The first-order valence-electron chi connectivity index (χ1n) is 8.41. The minimum Gasteiger partial charge on any atom is -0.385 e. The summed E-state index contributed by atoms with van der Waals surface area (Å²) < 4.78 is 18.7. The zero-order valence-corrected chi connectivity index (χ0v) is 14.0. The summed E-state index contributed by atoms with van der Waals surface area (Å²) in [5.74, 6) is -0.402. The van der Waals surface area contributed by atoms with Gasteiger partial charge in [-0.3, -0.25) is 4.90 Å². The first-order chi connectivity index (χ1) is 11.6. The lowest BCUT2D eigenvalue weighted by atomic mass is 9.78. The Labute approximate surface area is 142 Å². The maximum absolute atomic E-state index is 13.3. The van der Waals surface area contributed by atoms with Crippen molar-refractivity contribution in [3.63, 3.8) is 0 Å². The lowest BCUT2D eigenvalue weighted by Gasteiger charge is -2.38. The minimum absolute atomic E-state index is 0.109. The van der Waals surface area contributed by atoms with Gasteiger partial charge in [-0.2, -0.15) is 0 Å². The molecule has 0 aromatic heterocycles. The summed E-state index contributed by atoms with van der Waals surface area (Å²) in [5.41, 5.74) is 0.720. The van der Waals surface area contributed by atoms with Crippen molar-refractivity contribution in [3.05, 3.63) is 71.5 Å². The van der Waals surface area contributed by atoms with E-state index in [1.807, 2.05) is 37.3 Å². The Morgan fingerprint density at radius 1 is 1.08 bits per heavy atom. The molecular formula is C20H24FNO2. The molecule has 1 aliphatic heterocycles. The van der Waals surface area contributed by atoms with Crippen molar-refractivity contribution in [3.8, 4) is 0 Å². The Morgan fingerprint density at radius 2 is 1.71 bits per heavy atom. The smallest absolute Gasteiger partial charge is 0.123 e. The zero-order chi connectivity index (χ0) is 17.0. The van der Waals surface area contributed by atoms with Gasteiger partial charge in [-0.05, 0) is 30.2 Å². The van der Waals surface area contributed by atoms with Crippen LogP contribution in [0.3, 0.4) is 0 Å². The van der Waals surface area contributed by atoms with Crippen molar-refractivity contribution in [2.45, 2.75) is 18.4 Å². The number of halogens is 1. The van der Waals surface area contributed by atoms with E-state index in [1.165, 1.54) is 12.1 Å². The lowest BCUT2D eigenvalue weighted by molar-refractivity contribution is -0.0107. The Morgan fingerprint density at radius 3 is 2.33 bits per heavy atom. The molecule has 3 nitrogen and oxygen atoms in total. The van der Waals surface area contributed by atoms with Gasteiger partial charge in [-0.1, -0.05) is 42.5 Å². The van der Waals surface area contributed by atoms with Crippen molar-refractivity contribution in [2.75, 3.05) is 32.8 Å². The Kier molecular flexibility index (Phi) is 5.29. The molecule has 128 valence electrons. The third-order valence-electron chi connectivity index (χ3n) is 4.85. The minimum atomic E-state index is -1.09. The number of rotatable bonds is 5. The molecule has 0 saturated carbocycles. The second-order valence-corrected chi connectivity index (χ2v) is 6.53. The molecule has 2 aromatic carbocycles. The summed E-state index contributed by atoms with van der Waals surface area (Å²) in [4.78, 5) is 2.32. The number of benzene rings is 2. The molecule has 4 heteroatoms. The van der Waals surface area contributed by atoms with Crippen LogP contribution in [0.4, 0.5) is 4.39 Å². The fourth-order valence-electron chi connectivity index (χ4n) is 3.32. The average molecular weight is 329 g/mol. The van der Waals surface area contributed by atoms with Gasteiger partial charge in [0.15, 0.2) is 0 Å². The predicted octanol–water partition coefficient (Wildman–Crippen LogP) is 3.15. The third-order valence-corrected chi connectivity index (χ3v) is 4.85. The quantitative estimate of drug-likeness (QED) is 0.915. The maximum Gasteiger partial charge on any atom is 0.123 e. The molecule has 0 radical (unpaired) electrons. The molecule has 1 fully saturated rings. The molecule has 1 heterocycles. The van der Waals surface area contributed by atoms with E-state index in [9.17, 15) is 9.50 Å². The average Bonchev–Trinajstić information content (AvgIpc) is 2.61. The van der Waals surface area contributed by atoms with E-state index in [0.29, 0.717) is 0 Å². The number of aliphatic hydroxyl groups is 1. The van der Waals surface area contributed by atoms with Crippen LogP contribution in [0.1, 0.15) is 24.0 Å². The largest absolute Gasteiger partial charge is 0.385 e. The monoisotopic (exact) mass is 329 g/mol. The van der Waals surface area contributed by atoms with Gasteiger partial charge >= 0.3 is 0 Å². The van der Waals surface area contributed by atoms with Gasteiger partial charge in [0, 0.05) is 25.6 Å². The molecule has 0 aliphatic carbocycles. The zero-order valence-electron chi connectivity index (χ0n) is 14.0. The maximum atomic E-state index is 13.3. The van der Waals surface area contributed by atoms with Gasteiger partial charge in [0.05, 0.1) is 18.8 Å². The molecule has 0 unspecified atom stereocenters. The summed E-state index contributed by atoms with van der Waals surface area (Å²) >= 11 is 0. The Bertz CT molecular complexity index is 636. The molecule has 24 heavy (non-hydrogen) atoms. The number of morpholine rings is 1. The van der Waals surface area contributed by atoms with Gasteiger partial charge in [0.2, 0.25) is 0 Å². The van der Waals surface area contributed by atoms with Crippen LogP contribution >= 0.6 is 0 Å². The highest BCUT2D eigenvalue weighted by Crippen LogP contribution is 2.37. The van der Waals surface area contributed by atoms with Crippen LogP contribution in [0.5, 0.6) is 0 Å². The Hall–Kier alpha value is -1.75. The van der Waals surface area contributed by atoms with Gasteiger partial charge < -0.3 is 9.84 Å². The van der Waals surface area contributed by atoms with Crippen molar-refractivity contribution >= 4 is 0 Å².